The molecule has 1 aromatic heterocycles. The summed E-state index contributed by atoms with van der Waals surface area (Å²) in [5, 5.41) is 2.96. The van der Waals surface area contributed by atoms with Gasteiger partial charge in [-0.25, -0.2) is 0 Å². The Labute approximate surface area is 108 Å². The summed E-state index contributed by atoms with van der Waals surface area (Å²) in [7, 11) is 0. The number of anilines is 1. The molecule has 0 bridgehead atoms. The molecule has 1 aliphatic rings. The Morgan fingerprint density at radius 1 is 1.44 bits per heavy atom. The van der Waals surface area contributed by atoms with E-state index in [0.717, 1.165) is 31.5 Å². The van der Waals surface area contributed by atoms with Gasteiger partial charge in [-0.05, 0) is 49.8 Å². The number of carbonyl (C=O) groups excluding carboxylic acids is 1. The minimum absolute atomic E-state index is 0.112. The van der Waals surface area contributed by atoms with Crippen LogP contribution in [-0.2, 0) is 4.79 Å². The van der Waals surface area contributed by atoms with Gasteiger partial charge in [0, 0.05) is 24.0 Å². The summed E-state index contributed by atoms with van der Waals surface area (Å²) in [5.74, 6) is 1.24. The van der Waals surface area contributed by atoms with Crippen molar-refractivity contribution >= 4 is 11.6 Å². The predicted molar refractivity (Wildman–Crippen MR) is 71.9 cm³/mol. The summed E-state index contributed by atoms with van der Waals surface area (Å²) >= 11 is 0. The summed E-state index contributed by atoms with van der Waals surface area (Å²) in [6, 6.07) is 3.63. The van der Waals surface area contributed by atoms with E-state index in [1.807, 2.05) is 12.1 Å². The van der Waals surface area contributed by atoms with Gasteiger partial charge in [0.15, 0.2) is 0 Å². The molecule has 0 spiro atoms. The van der Waals surface area contributed by atoms with Gasteiger partial charge in [-0.1, -0.05) is 6.92 Å². The first-order valence-electron chi connectivity index (χ1n) is 6.61. The van der Waals surface area contributed by atoms with Gasteiger partial charge >= 0.3 is 0 Å². The number of nitrogens with zero attached hydrogens (tertiary/aromatic N) is 1. The maximum absolute atomic E-state index is 12.2. The average Bonchev–Trinajstić information content (AvgIpc) is 2.39. The molecule has 0 aromatic carbocycles. The minimum atomic E-state index is 0.112. The van der Waals surface area contributed by atoms with E-state index in [0.29, 0.717) is 11.8 Å². The lowest BCUT2D eigenvalue weighted by atomic mass is 9.74. The number of hydrogen-bond acceptors (Lipinski definition) is 3. The van der Waals surface area contributed by atoms with E-state index < -0.39 is 0 Å². The van der Waals surface area contributed by atoms with Crippen molar-refractivity contribution in [2.45, 2.75) is 26.2 Å². The third-order valence-corrected chi connectivity index (χ3v) is 3.90. The second-order valence-electron chi connectivity index (χ2n) is 5.22. The quantitative estimate of drug-likeness (QED) is 0.858. The van der Waals surface area contributed by atoms with Crippen LogP contribution in [-0.4, -0.2) is 17.4 Å². The number of nitrogens with one attached hydrogen (secondary N) is 1. The monoisotopic (exact) mass is 247 g/mol. The zero-order valence-corrected chi connectivity index (χ0v) is 10.8. The van der Waals surface area contributed by atoms with Crippen LogP contribution in [0.5, 0.6) is 0 Å². The van der Waals surface area contributed by atoms with Gasteiger partial charge in [-0.3, -0.25) is 9.78 Å². The van der Waals surface area contributed by atoms with Crippen molar-refractivity contribution in [1.29, 1.82) is 0 Å². The van der Waals surface area contributed by atoms with E-state index in [9.17, 15) is 4.79 Å². The fourth-order valence-electron chi connectivity index (χ4n) is 2.78. The Morgan fingerprint density at radius 3 is 2.78 bits per heavy atom. The van der Waals surface area contributed by atoms with Crippen molar-refractivity contribution in [3.8, 4) is 0 Å². The lowest BCUT2D eigenvalue weighted by Gasteiger charge is -2.32. The van der Waals surface area contributed by atoms with Gasteiger partial charge in [0.05, 0.1) is 0 Å². The highest BCUT2D eigenvalue weighted by Gasteiger charge is 2.31. The molecule has 1 saturated carbocycles. The van der Waals surface area contributed by atoms with Crippen molar-refractivity contribution in [2.75, 3.05) is 11.9 Å². The highest BCUT2D eigenvalue weighted by Crippen LogP contribution is 2.33. The molecule has 1 heterocycles. The van der Waals surface area contributed by atoms with Gasteiger partial charge in [0.25, 0.3) is 0 Å². The van der Waals surface area contributed by atoms with Gasteiger partial charge in [0.2, 0.25) is 5.91 Å². The molecule has 3 N–H and O–H groups in total. The first-order valence-corrected chi connectivity index (χ1v) is 6.61. The molecule has 0 radical (unpaired) electrons. The van der Waals surface area contributed by atoms with E-state index in [2.05, 4.69) is 17.2 Å². The molecule has 0 aliphatic heterocycles. The Bertz CT molecular complexity index is 393. The molecular weight excluding hydrogens is 226 g/mol. The first-order chi connectivity index (χ1) is 8.70. The second kappa shape index (κ2) is 5.96. The van der Waals surface area contributed by atoms with E-state index in [1.54, 1.807) is 12.4 Å². The van der Waals surface area contributed by atoms with Crippen LogP contribution in [0.2, 0.25) is 0 Å². The number of nitrogens with two attached hydrogens (primary N) is 1. The lowest BCUT2D eigenvalue weighted by Crippen LogP contribution is -2.35. The molecule has 1 amide bonds. The molecular formula is C14H21N3O. The minimum Gasteiger partial charge on any atom is -0.330 e. The van der Waals surface area contributed by atoms with Crippen LogP contribution in [0.4, 0.5) is 5.69 Å². The zero-order chi connectivity index (χ0) is 13.0. The smallest absolute Gasteiger partial charge is 0.227 e. The van der Waals surface area contributed by atoms with Crippen LogP contribution in [0.15, 0.2) is 24.5 Å². The highest BCUT2D eigenvalue weighted by molar-refractivity contribution is 5.92. The van der Waals surface area contributed by atoms with Crippen molar-refractivity contribution < 1.29 is 4.79 Å². The largest absolute Gasteiger partial charge is 0.330 e. The summed E-state index contributed by atoms with van der Waals surface area (Å²) in [6.45, 7) is 2.89. The Kier molecular flexibility index (Phi) is 4.31. The van der Waals surface area contributed by atoms with Gasteiger partial charge in [-0.15, -0.1) is 0 Å². The summed E-state index contributed by atoms with van der Waals surface area (Å²) in [6.07, 6.45) is 6.44. The van der Waals surface area contributed by atoms with Crippen molar-refractivity contribution in [2.24, 2.45) is 23.5 Å². The summed E-state index contributed by atoms with van der Waals surface area (Å²) in [4.78, 5) is 16.1. The third kappa shape index (κ3) is 3.07. The molecule has 1 aliphatic carbocycles. The number of amides is 1. The van der Waals surface area contributed by atoms with Crippen LogP contribution < -0.4 is 11.1 Å². The highest BCUT2D eigenvalue weighted by atomic mass is 16.1. The Balaban J connectivity index is 1.94. The van der Waals surface area contributed by atoms with E-state index in [1.165, 1.54) is 0 Å². The molecule has 0 unspecified atom stereocenters. The number of aromatic nitrogens is 1. The first kappa shape index (κ1) is 13.0. The third-order valence-electron chi connectivity index (χ3n) is 3.90. The van der Waals surface area contributed by atoms with Crippen LogP contribution >= 0.6 is 0 Å². The van der Waals surface area contributed by atoms with Crippen LogP contribution in [0.3, 0.4) is 0 Å². The van der Waals surface area contributed by atoms with Crippen molar-refractivity contribution in [3.05, 3.63) is 24.5 Å². The standard InChI is InChI=1S/C14H21N3O/c1-10-8-11(9-15)2-3-13(10)14(18)17-12-4-6-16-7-5-12/h4-7,10-11,13H,2-3,8-9,15H2,1H3,(H,16,17,18)/t10-,11-,13-/m1/s1. The van der Waals surface area contributed by atoms with Crippen LogP contribution in [0, 0.1) is 17.8 Å². The van der Waals surface area contributed by atoms with Crippen molar-refractivity contribution in [3.63, 3.8) is 0 Å². The molecule has 0 saturated heterocycles. The summed E-state index contributed by atoms with van der Waals surface area (Å²) in [5.41, 5.74) is 6.53. The number of hydrogen-bond donors (Lipinski definition) is 2. The average molecular weight is 247 g/mol. The molecule has 18 heavy (non-hydrogen) atoms. The molecule has 4 heteroatoms. The fraction of sp³-hybridized carbons (Fsp3) is 0.571. The summed E-state index contributed by atoms with van der Waals surface area (Å²) < 4.78 is 0. The topological polar surface area (TPSA) is 68.0 Å². The number of pyridine rings is 1. The molecule has 2 rings (SSSR count). The normalized spacial score (nSPS) is 27.8. The van der Waals surface area contributed by atoms with Crippen LogP contribution in [0.1, 0.15) is 26.2 Å². The number of rotatable bonds is 3. The van der Waals surface area contributed by atoms with E-state index in [-0.39, 0.29) is 11.8 Å². The molecule has 1 aromatic rings. The SMILES string of the molecule is C[C@@H]1C[C@H](CN)CC[C@H]1C(=O)Nc1ccncc1. The predicted octanol–water partition coefficient (Wildman–Crippen LogP) is 2.03. The fourth-order valence-corrected chi connectivity index (χ4v) is 2.78. The maximum atomic E-state index is 12.2. The maximum Gasteiger partial charge on any atom is 0.227 e. The van der Waals surface area contributed by atoms with E-state index in [4.69, 9.17) is 5.73 Å². The lowest BCUT2D eigenvalue weighted by molar-refractivity contribution is -0.122. The van der Waals surface area contributed by atoms with E-state index >= 15 is 0 Å². The van der Waals surface area contributed by atoms with Crippen molar-refractivity contribution in [1.82, 2.24) is 4.98 Å². The second-order valence-corrected chi connectivity index (χ2v) is 5.22. The van der Waals surface area contributed by atoms with Gasteiger partial charge < -0.3 is 11.1 Å². The van der Waals surface area contributed by atoms with Crippen LogP contribution in [0.25, 0.3) is 0 Å². The zero-order valence-electron chi connectivity index (χ0n) is 10.8. The molecule has 1 fully saturated rings. The molecule has 4 nitrogen and oxygen atoms in total. The van der Waals surface area contributed by atoms with Gasteiger partial charge in [0.1, 0.15) is 0 Å². The number of carbonyl (C=O) groups is 1. The Hall–Kier alpha value is -1.42. The molecule has 98 valence electrons. The van der Waals surface area contributed by atoms with Gasteiger partial charge in [-0.2, -0.15) is 0 Å². The molecule has 3 atom stereocenters. The Morgan fingerprint density at radius 2 is 2.17 bits per heavy atom.